The number of ether oxygens (including phenoxy) is 1. The number of carboxylic acid groups (broad SMARTS) is 1. The fourth-order valence-electron chi connectivity index (χ4n) is 1.04. The number of hydrogen-bond acceptors (Lipinski definition) is 3. The number of hydrogen-bond donors (Lipinski definition) is 1. The van der Waals surface area contributed by atoms with Gasteiger partial charge in [-0.15, -0.1) is 0 Å². The number of carboxylic acids is 1. The molecular weight excluding hydrogens is 208 g/mol. The standard InChI is InChI=1S/C12H12O4/c1-8-3-5-10(6-4-8)16-12(15)9(2)7-11(13)14/h3-6H,2,7H2,1H3,(H,13,14). The van der Waals surface area contributed by atoms with Gasteiger partial charge in [0.05, 0.1) is 6.42 Å². The molecule has 0 aliphatic rings. The predicted octanol–water partition coefficient (Wildman–Crippen LogP) is 1.93. The molecule has 0 saturated heterocycles. The van der Waals surface area contributed by atoms with Gasteiger partial charge in [0.15, 0.2) is 0 Å². The number of aryl methyl sites for hydroxylation is 1. The van der Waals surface area contributed by atoms with Crippen molar-refractivity contribution in [3.63, 3.8) is 0 Å². The van der Waals surface area contributed by atoms with Crippen LogP contribution < -0.4 is 4.74 Å². The maximum Gasteiger partial charge on any atom is 0.339 e. The van der Waals surface area contributed by atoms with Gasteiger partial charge >= 0.3 is 11.9 Å². The van der Waals surface area contributed by atoms with Gasteiger partial charge in [-0.05, 0) is 19.1 Å². The fourth-order valence-corrected chi connectivity index (χ4v) is 1.04. The lowest BCUT2D eigenvalue weighted by Crippen LogP contribution is -2.13. The molecule has 4 nitrogen and oxygen atoms in total. The first-order valence-electron chi connectivity index (χ1n) is 4.67. The summed E-state index contributed by atoms with van der Waals surface area (Å²) in [6, 6.07) is 6.87. The predicted molar refractivity (Wildman–Crippen MR) is 58.2 cm³/mol. The third-order valence-corrected chi connectivity index (χ3v) is 1.88. The van der Waals surface area contributed by atoms with Crippen LogP contribution in [-0.2, 0) is 9.59 Å². The Morgan fingerprint density at radius 2 is 1.88 bits per heavy atom. The lowest BCUT2D eigenvalue weighted by atomic mass is 10.2. The van der Waals surface area contributed by atoms with Crippen LogP contribution in [0.15, 0.2) is 36.4 Å². The van der Waals surface area contributed by atoms with Crippen molar-refractivity contribution < 1.29 is 19.4 Å². The first-order valence-corrected chi connectivity index (χ1v) is 4.67. The highest BCUT2D eigenvalue weighted by atomic mass is 16.5. The molecule has 0 radical (unpaired) electrons. The lowest BCUT2D eigenvalue weighted by Gasteiger charge is -2.05. The van der Waals surface area contributed by atoms with E-state index in [-0.39, 0.29) is 5.57 Å². The molecule has 0 fully saturated rings. The average Bonchev–Trinajstić information content (AvgIpc) is 2.20. The third kappa shape index (κ3) is 3.57. The summed E-state index contributed by atoms with van der Waals surface area (Å²) in [5, 5.41) is 8.47. The molecule has 1 rings (SSSR count). The molecule has 0 unspecified atom stereocenters. The van der Waals surface area contributed by atoms with E-state index in [0.717, 1.165) is 5.56 Å². The maximum absolute atomic E-state index is 11.3. The number of carbonyl (C=O) groups excluding carboxylic acids is 1. The smallest absolute Gasteiger partial charge is 0.339 e. The van der Waals surface area contributed by atoms with Crippen molar-refractivity contribution in [3.8, 4) is 5.75 Å². The van der Waals surface area contributed by atoms with Gasteiger partial charge in [0.1, 0.15) is 5.75 Å². The van der Waals surface area contributed by atoms with Gasteiger partial charge in [-0.1, -0.05) is 24.3 Å². The van der Waals surface area contributed by atoms with Gasteiger partial charge in [-0.2, -0.15) is 0 Å². The van der Waals surface area contributed by atoms with Crippen LogP contribution in [0.3, 0.4) is 0 Å². The summed E-state index contributed by atoms with van der Waals surface area (Å²) < 4.78 is 4.93. The minimum absolute atomic E-state index is 0.0759. The van der Waals surface area contributed by atoms with Crippen molar-refractivity contribution in [2.24, 2.45) is 0 Å². The summed E-state index contributed by atoms with van der Waals surface area (Å²) in [5.41, 5.74) is 0.970. The maximum atomic E-state index is 11.3. The van der Waals surface area contributed by atoms with Crippen LogP contribution in [0, 0.1) is 6.92 Å². The molecule has 4 heteroatoms. The Morgan fingerprint density at radius 1 is 1.31 bits per heavy atom. The number of esters is 1. The molecule has 16 heavy (non-hydrogen) atoms. The van der Waals surface area contributed by atoms with Crippen LogP contribution in [-0.4, -0.2) is 17.0 Å². The van der Waals surface area contributed by atoms with Crippen molar-refractivity contribution in [2.45, 2.75) is 13.3 Å². The van der Waals surface area contributed by atoms with E-state index in [1.807, 2.05) is 6.92 Å². The summed E-state index contributed by atoms with van der Waals surface area (Å²) >= 11 is 0. The van der Waals surface area contributed by atoms with Crippen molar-refractivity contribution in [1.82, 2.24) is 0 Å². The second-order valence-corrected chi connectivity index (χ2v) is 3.38. The topological polar surface area (TPSA) is 63.6 Å². The first-order chi connectivity index (χ1) is 7.49. The Morgan fingerprint density at radius 3 is 2.38 bits per heavy atom. The summed E-state index contributed by atoms with van der Waals surface area (Å²) in [6.07, 6.45) is -0.412. The van der Waals surface area contributed by atoms with E-state index in [0.29, 0.717) is 5.75 Å². The minimum atomic E-state index is -1.11. The molecule has 0 spiro atoms. The summed E-state index contributed by atoms with van der Waals surface area (Å²) in [6.45, 7) is 5.26. The van der Waals surface area contributed by atoms with Gasteiger partial charge in [-0.25, -0.2) is 4.79 Å². The lowest BCUT2D eigenvalue weighted by molar-refractivity contribution is -0.138. The van der Waals surface area contributed by atoms with E-state index < -0.39 is 18.4 Å². The van der Waals surface area contributed by atoms with Gasteiger partial charge in [-0.3, -0.25) is 4.79 Å². The van der Waals surface area contributed by atoms with Crippen molar-refractivity contribution in [2.75, 3.05) is 0 Å². The SMILES string of the molecule is C=C(CC(=O)O)C(=O)Oc1ccc(C)cc1. The third-order valence-electron chi connectivity index (χ3n) is 1.88. The van der Waals surface area contributed by atoms with Crippen molar-refractivity contribution >= 4 is 11.9 Å². The van der Waals surface area contributed by atoms with E-state index in [1.165, 1.54) is 0 Å². The number of carbonyl (C=O) groups is 2. The Balaban J connectivity index is 2.61. The molecule has 84 valence electrons. The first kappa shape index (κ1) is 12.0. The highest BCUT2D eigenvalue weighted by molar-refractivity contribution is 5.94. The molecule has 1 N–H and O–H groups in total. The molecule has 0 heterocycles. The monoisotopic (exact) mass is 220 g/mol. The van der Waals surface area contributed by atoms with E-state index in [4.69, 9.17) is 9.84 Å². The van der Waals surface area contributed by atoms with Crippen LogP contribution in [0.25, 0.3) is 0 Å². The Kier molecular flexibility index (Phi) is 3.83. The number of benzene rings is 1. The van der Waals surface area contributed by atoms with Crippen LogP contribution in [0.1, 0.15) is 12.0 Å². The van der Waals surface area contributed by atoms with Gasteiger partial charge in [0, 0.05) is 5.57 Å². The molecular formula is C12H12O4. The van der Waals surface area contributed by atoms with Crippen LogP contribution >= 0.6 is 0 Å². The zero-order valence-electron chi connectivity index (χ0n) is 8.90. The highest BCUT2D eigenvalue weighted by Gasteiger charge is 2.12. The average molecular weight is 220 g/mol. The second-order valence-electron chi connectivity index (χ2n) is 3.38. The second kappa shape index (κ2) is 5.11. The quantitative estimate of drug-likeness (QED) is 0.478. The van der Waals surface area contributed by atoms with Crippen LogP contribution in [0.4, 0.5) is 0 Å². The van der Waals surface area contributed by atoms with Crippen LogP contribution in [0.5, 0.6) is 5.75 Å². The van der Waals surface area contributed by atoms with Gasteiger partial charge in [0.2, 0.25) is 0 Å². The fraction of sp³-hybridized carbons (Fsp3) is 0.167. The van der Waals surface area contributed by atoms with E-state index in [9.17, 15) is 9.59 Å². The molecule has 0 atom stereocenters. The molecule has 1 aromatic carbocycles. The molecule has 1 aromatic rings. The van der Waals surface area contributed by atoms with E-state index in [1.54, 1.807) is 24.3 Å². The van der Waals surface area contributed by atoms with Gasteiger partial charge in [0.25, 0.3) is 0 Å². The normalized spacial score (nSPS) is 9.56. The molecule has 0 saturated carbocycles. The minimum Gasteiger partial charge on any atom is -0.481 e. The molecule has 0 amide bonds. The van der Waals surface area contributed by atoms with Crippen molar-refractivity contribution in [3.05, 3.63) is 42.0 Å². The molecule has 0 aliphatic carbocycles. The molecule has 0 aromatic heterocycles. The number of aliphatic carboxylic acids is 1. The summed E-state index contributed by atoms with van der Waals surface area (Å²) in [7, 11) is 0. The summed E-state index contributed by atoms with van der Waals surface area (Å²) in [5.74, 6) is -1.45. The Labute approximate surface area is 93.2 Å². The van der Waals surface area contributed by atoms with E-state index >= 15 is 0 Å². The molecule has 0 aliphatic heterocycles. The Bertz CT molecular complexity index is 417. The van der Waals surface area contributed by atoms with Crippen molar-refractivity contribution in [1.29, 1.82) is 0 Å². The zero-order chi connectivity index (χ0) is 12.1. The van der Waals surface area contributed by atoms with Crippen LogP contribution in [0.2, 0.25) is 0 Å². The summed E-state index contributed by atoms with van der Waals surface area (Å²) in [4.78, 5) is 21.7. The Hall–Kier alpha value is -2.10. The van der Waals surface area contributed by atoms with Gasteiger partial charge < -0.3 is 9.84 Å². The zero-order valence-corrected chi connectivity index (χ0v) is 8.90. The van der Waals surface area contributed by atoms with E-state index in [2.05, 4.69) is 6.58 Å². The highest BCUT2D eigenvalue weighted by Crippen LogP contribution is 2.13. The molecule has 0 bridgehead atoms. The largest absolute Gasteiger partial charge is 0.481 e. The number of rotatable bonds is 4.